The maximum Gasteiger partial charge on any atom is 0.158 e. The standard InChI is InChI=1S/C18H18N4OS/c1-10-6-7-14(23)13(8-10)11(2)21-22-17-16-12-4-3-5-15(12)24-18(16)20-9-19-17/h6-9,23H,3-5H2,1-2H3,(H,19,20,22)/b21-11+. The molecule has 0 saturated heterocycles. The Balaban J connectivity index is 1.71. The minimum absolute atomic E-state index is 0.230. The highest BCUT2D eigenvalue weighted by Gasteiger charge is 2.21. The summed E-state index contributed by atoms with van der Waals surface area (Å²) in [6.45, 7) is 3.87. The number of fused-ring (bicyclic) bond motifs is 3. The molecular weight excluding hydrogens is 320 g/mol. The summed E-state index contributed by atoms with van der Waals surface area (Å²) in [6.07, 6.45) is 4.99. The summed E-state index contributed by atoms with van der Waals surface area (Å²) in [5.74, 6) is 0.971. The lowest BCUT2D eigenvalue weighted by Crippen LogP contribution is -2.02. The topological polar surface area (TPSA) is 70.4 Å². The number of hydrazone groups is 1. The Kier molecular flexibility index (Phi) is 3.69. The van der Waals surface area contributed by atoms with Gasteiger partial charge in [0.15, 0.2) is 5.82 Å². The van der Waals surface area contributed by atoms with Crippen LogP contribution in [0.15, 0.2) is 29.6 Å². The van der Waals surface area contributed by atoms with Gasteiger partial charge >= 0.3 is 0 Å². The lowest BCUT2D eigenvalue weighted by Gasteiger charge is -2.07. The molecule has 1 aliphatic rings. The molecule has 3 aromatic rings. The van der Waals surface area contributed by atoms with Crippen molar-refractivity contribution in [1.29, 1.82) is 0 Å². The Morgan fingerprint density at radius 1 is 1.29 bits per heavy atom. The molecular formula is C18H18N4OS. The van der Waals surface area contributed by atoms with Gasteiger partial charge in [0.1, 0.15) is 16.9 Å². The first-order valence-corrected chi connectivity index (χ1v) is 8.80. The highest BCUT2D eigenvalue weighted by atomic mass is 32.1. The molecule has 2 aromatic heterocycles. The van der Waals surface area contributed by atoms with Crippen molar-refractivity contribution in [3.63, 3.8) is 0 Å². The molecule has 1 aliphatic carbocycles. The van der Waals surface area contributed by atoms with Crippen molar-refractivity contribution in [2.24, 2.45) is 5.10 Å². The van der Waals surface area contributed by atoms with Crippen molar-refractivity contribution < 1.29 is 5.11 Å². The molecule has 0 fully saturated rings. The van der Waals surface area contributed by atoms with Crippen LogP contribution in [0.2, 0.25) is 0 Å². The van der Waals surface area contributed by atoms with Crippen molar-refractivity contribution in [2.75, 3.05) is 5.43 Å². The van der Waals surface area contributed by atoms with Gasteiger partial charge in [0.25, 0.3) is 0 Å². The van der Waals surface area contributed by atoms with Gasteiger partial charge in [0.2, 0.25) is 0 Å². The largest absolute Gasteiger partial charge is 0.507 e. The number of nitrogens with zero attached hydrogens (tertiary/aromatic N) is 3. The van der Waals surface area contributed by atoms with E-state index in [1.165, 1.54) is 16.9 Å². The molecule has 2 N–H and O–H groups in total. The first kappa shape index (κ1) is 15.1. The van der Waals surface area contributed by atoms with Crippen molar-refractivity contribution >= 4 is 33.1 Å². The molecule has 6 heteroatoms. The highest BCUT2D eigenvalue weighted by molar-refractivity contribution is 7.19. The Labute approximate surface area is 144 Å². The molecule has 0 unspecified atom stereocenters. The number of aryl methyl sites for hydroxylation is 3. The van der Waals surface area contributed by atoms with Gasteiger partial charge in [-0.05, 0) is 50.8 Å². The van der Waals surface area contributed by atoms with E-state index in [1.807, 2.05) is 26.0 Å². The molecule has 0 radical (unpaired) electrons. The van der Waals surface area contributed by atoms with Crippen LogP contribution in [0, 0.1) is 6.92 Å². The molecule has 0 spiro atoms. The molecule has 0 aliphatic heterocycles. The normalized spacial score (nSPS) is 14.2. The van der Waals surface area contributed by atoms with E-state index < -0.39 is 0 Å². The molecule has 2 heterocycles. The number of nitrogens with one attached hydrogen (secondary N) is 1. The summed E-state index contributed by atoms with van der Waals surface area (Å²) in [5, 5.41) is 15.6. The van der Waals surface area contributed by atoms with Gasteiger partial charge in [0.05, 0.1) is 11.1 Å². The summed E-state index contributed by atoms with van der Waals surface area (Å²) < 4.78 is 0. The minimum atomic E-state index is 0.230. The van der Waals surface area contributed by atoms with Gasteiger partial charge in [-0.25, -0.2) is 9.97 Å². The Bertz CT molecular complexity index is 961. The lowest BCUT2D eigenvalue weighted by molar-refractivity contribution is 0.474. The summed E-state index contributed by atoms with van der Waals surface area (Å²) in [6, 6.07) is 5.49. The number of hydrogen-bond acceptors (Lipinski definition) is 6. The fraction of sp³-hybridized carbons (Fsp3) is 0.278. The fourth-order valence-corrected chi connectivity index (χ4v) is 4.38. The third-order valence-electron chi connectivity index (χ3n) is 4.37. The molecule has 0 saturated carbocycles. The van der Waals surface area contributed by atoms with Crippen molar-refractivity contribution in [3.05, 3.63) is 46.1 Å². The monoisotopic (exact) mass is 338 g/mol. The SMILES string of the molecule is C/C(=N\Nc1ncnc2sc3c(c12)CCC3)c1cc(C)ccc1O. The molecule has 0 amide bonds. The average molecular weight is 338 g/mol. The number of aromatic nitrogens is 2. The van der Waals surface area contributed by atoms with Gasteiger partial charge < -0.3 is 5.11 Å². The van der Waals surface area contributed by atoms with Crippen LogP contribution in [-0.2, 0) is 12.8 Å². The fourth-order valence-electron chi connectivity index (χ4n) is 3.15. The van der Waals surface area contributed by atoms with Crippen LogP contribution in [0.25, 0.3) is 10.2 Å². The summed E-state index contributed by atoms with van der Waals surface area (Å²) in [7, 11) is 0. The first-order valence-electron chi connectivity index (χ1n) is 7.99. The highest BCUT2D eigenvalue weighted by Crippen LogP contribution is 2.39. The average Bonchev–Trinajstić information content (AvgIpc) is 3.15. The number of thiophene rings is 1. The summed E-state index contributed by atoms with van der Waals surface area (Å²) >= 11 is 1.76. The van der Waals surface area contributed by atoms with Crippen molar-refractivity contribution in [2.45, 2.75) is 33.1 Å². The number of aromatic hydroxyl groups is 1. The van der Waals surface area contributed by atoms with Crippen molar-refractivity contribution in [1.82, 2.24) is 9.97 Å². The number of benzene rings is 1. The van der Waals surface area contributed by atoms with Crippen LogP contribution in [0.5, 0.6) is 5.75 Å². The quantitative estimate of drug-likeness (QED) is 0.559. The van der Waals surface area contributed by atoms with Crippen LogP contribution >= 0.6 is 11.3 Å². The Hall–Kier alpha value is -2.47. The number of anilines is 1. The van der Waals surface area contributed by atoms with Crippen LogP contribution in [0.3, 0.4) is 0 Å². The molecule has 122 valence electrons. The molecule has 24 heavy (non-hydrogen) atoms. The van der Waals surface area contributed by atoms with Gasteiger partial charge in [-0.1, -0.05) is 11.6 Å². The molecule has 5 nitrogen and oxygen atoms in total. The zero-order chi connectivity index (χ0) is 16.7. The van der Waals surface area contributed by atoms with Crippen LogP contribution in [0.4, 0.5) is 5.82 Å². The van der Waals surface area contributed by atoms with E-state index in [1.54, 1.807) is 23.7 Å². The van der Waals surface area contributed by atoms with Gasteiger partial charge in [-0.3, -0.25) is 5.43 Å². The summed E-state index contributed by atoms with van der Waals surface area (Å²) in [4.78, 5) is 11.2. The third-order valence-corrected chi connectivity index (χ3v) is 5.57. The maximum absolute atomic E-state index is 10.0. The Morgan fingerprint density at radius 2 is 2.17 bits per heavy atom. The zero-order valence-electron chi connectivity index (χ0n) is 13.6. The molecule has 1 aromatic carbocycles. The first-order chi connectivity index (χ1) is 11.6. The lowest BCUT2D eigenvalue weighted by atomic mass is 10.1. The zero-order valence-corrected chi connectivity index (χ0v) is 14.4. The van der Waals surface area contributed by atoms with E-state index in [9.17, 15) is 5.11 Å². The second-order valence-electron chi connectivity index (χ2n) is 6.09. The van der Waals surface area contributed by atoms with E-state index in [0.717, 1.165) is 45.7 Å². The van der Waals surface area contributed by atoms with Gasteiger partial charge in [-0.15, -0.1) is 11.3 Å². The predicted octanol–water partition coefficient (Wildman–Crippen LogP) is 4.03. The maximum atomic E-state index is 10.0. The van der Waals surface area contributed by atoms with E-state index in [4.69, 9.17) is 0 Å². The number of phenols is 1. The smallest absolute Gasteiger partial charge is 0.158 e. The predicted molar refractivity (Wildman–Crippen MR) is 98.1 cm³/mol. The van der Waals surface area contributed by atoms with Crippen LogP contribution in [-0.4, -0.2) is 20.8 Å². The minimum Gasteiger partial charge on any atom is -0.507 e. The van der Waals surface area contributed by atoms with Gasteiger partial charge in [-0.2, -0.15) is 5.10 Å². The molecule has 0 bridgehead atoms. The van der Waals surface area contributed by atoms with Gasteiger partial charge in [0, 0.05) is 10.4 Å². The second-order valence-corrected chi connectivity index (χ2v) is 7.17. The molecule has 4 rings (SSSR count). The molecule has 0 atom stereocenters. The number of rotatable bonds is 3. The number of hydrogen-bond donors (Lipinski definition) is 2. The van der Waals surface area contributed by atoms with E-state index >= 15 is 0 Å². The summed E-state index contributed by atoms with van der Waals surface area (Å²) in [5.41, 5.74) is 6.97. The van der Waals surface area contributed by atoms with E-state index in [-0.39, 0.29) is 5.75 Å². The third kappa shape index (κ3) is 2.53. The van der Waals surface area contributed by atoms with E-state index in [2.05, 4.69) is 20.5 Å². The van der Waals surface area contributed by atoms with Crippen LogP contribution in [0.1, 0.15) is 34.9 Å². The Morgan fingerprint density at radius 3 is 3.04 bits per heavy atom. The number of phenolic OH excluding ortho intramolecular Hbond substituents is 1. The van der Waals surface area contributed by atoms with E-state index in [0.29, 0.717) is 0 Å². The second kappa shape index (κ2) is 5.87. The van der Waals surface area contributed by atoms with Crippen molar-refractivity contribution in [3.8, 4) is 5.75 Å². The van der Waals surface area contributed by atoms with Crippen LogP contribution < -0.4 is 5.43 Å².